The van der Waals surface area contributed by atoms with Gasteiger partial charge in [-0.15, -0.1) is 0 Å². The second-order valence-electron chi connectivity index (χ2n) is 9.38. The van der Waals surface area contributed by atoms with Crippen LogP contribution in [0.5, 0.6) is 0 Å². The Balaban J connectivity index is 1.71. The zero-order valence-corrected chi connectivity index (χ0v) is 21.0. The lowest BCUT2D eigenvalue weighted by atomic mass is 9.77. The average molecular weight is 514 g/mol. The van der Waals surface area contributed by atoms with Crippen molar-refractivity contribution in [3.8, 4) is 0 Å². The van der Waals surface area contributed by atoms with Crippen LogP contribution in [0.4, 0.5) is 14.5 Å². The van der Waals surface area contributed by atoms with E-state index in [1.54, 1.807) is 18.2 Å². The summed E-state index contributed by atoms with van der Waals surface area (Å²) < 4.78 is 30.5. The van der Waals surface area contributed by atoms with Gasteiger partial charge >= 0.3 is 0 Å². The zero-order chi connectivity index (χ0) is 26.8. The van der Waals surface area contributed by atoms with Gasteiger partial charge in [0.05, 0.1) is 16.9 Å². The maximum absolute atomic E-state index is 15.1. The van der Waals surface area contributed by atoms with Crippen molar-refractivity contribution in [1.29, 1.82) is 0 Å². The van der Waals surface area contributed by atoms with E-state index < -0.39 is 11.4 Å². The van der Waals surface area contributed by atoms with Gasteiger partial charge in [0.15, 0.2) is 0 Å². The molecular weight excluding hydrogens is 488 g/mol. The molecule has 5 heteroatoms. The summed E-state index contributed by atoms with van der Waals surface area (Å²) in [5, 5.41) is 5.85. The van der Waals surface area contributed by atoms with E-state index in [1.165, 1.54) is 18.2 Å². The van der Waals surface area contributed by atoms with Crippen LogP contribution < -0.4 is 5.73 Å². The minimum atomic E-state index is -0.924. The fraction of sp³-hybridized carbons (Fsp3) is 0.0294. The summed E-state index contributed by atoms with van der Waals surface area (Å²) in [7, 11) is 0. The third kappa shape index (κ3) is 4.28. The second kappa shape index (κ2) is 10.0. The number of hydrogen-bond acceptors (Lipinski definition) is 2. The van der Waals surface area contributed by atoms with Gasteiger partial charge in [0.25, 0.3) is 0 Å². The first kappa shape index (κ1) is 24.3. The maximum atomic E-state index is 15.1. The van der Waals surface area contributed by atoms with Gasteiger partial charge in [0.1, 0.15) is 17.2 Å². The number of fused-ring (bicyclic) bond motifs is 1. The molecule has 0 fully saturated rings. The first-order valence-corrected chi connectivity index (χ1v) is 12.7. The summed E-state index contributed by atoms with van der Waals surface area (Å²) in [6, 6.07) is 39.6. The van der Waals surface area contributed by atoms with E-state index in [1.807, 2.05) is 71.4 Å². The predicted octanol–water partition coefficient (Wildman–Crippen LogP) is 7.91. The fourth-order valence-corrected chi connectivity index (χ4v) is 5.21. The number of aromatic nitrogens is 2. The molecule has 0 aliphatic rings. The number of nitrogens with two attached hydrogens (primary N) is 1. The third-order valence-electron chi connectivity index (χ3n) is 7.02. The molecule has 0 aliphatic heterocycles. The number of halogens is 2. The average Bonchev–Trinajstić information content (AvgIpc) is 3.32. The van der Waals surface area contributed by atoms with Crippen molar-refractivity contribution in [2.45, 2.75) is 5.54 Å². The van der Waals surface area contributed by atoms with Crippen LogP contribution in [0.1, 0.15) is 27.9 Å². The number of benzene rings is 5. The van der Waals surface area contributed by atoms with Crippen molar-refractivity contribution in [2.24, 2.45) is 0 Å². The Morgan fingerprint density at radius 1 is 0.641 bits per heavy atom. The van der Waals surface area contributed by atoms with Gasteiger partial charge in [-0.3, -0.25) is 0 Å². The Labute approximate surface area is 225 Å². The summed E-state index contributed by atoms with van der Waals surface area (Å²) in [5.74, 6) is -0.815. The van der Waals surface area contributed by atoms with Crippen molar-refractivity contribution < 1.29 is 8.78 Å². The van der Waals surface area contributed by atoms with E-state index in [-0.39, 0.29) is 11.5 Å². The highest BCUT2D eigenvalue weighted by Crippen LogP contribution is 2.43. The molecule has 0 saturated heterocycles. The van der Waals surface area contributed by atoms with Crippen molar-refractivity contribution >= 4 is 28.7 Å². The van der Waals surface area contributed by atoms with Crippen molar-refractivity contribution in [3.63, 3.8) is 0 Å². The molecule has 0 amide bonds. The molecule has 39 heavy (non-hydrogen) atoms. The monoisotopic (exact) mass is 513 g/mol. The van der Waals surface area contributed by atoms with E-state index in [2.05, 4.69) is 36.4 Å². The maximum Gasteiger partial charge on any atom is 0.148 e. The minimum absolute atomic E-state index is 0.0446. The van der Waals surface area contributed by atoms with Gasteiger partial charge in [-0.1, -0.05) is 109 Å². The molecule has 1 heterocycles. The Kier molecular flexibility index (Phi) is 6.25. The summed E-state index contributed by atoms with van der Waals surface area (Å²) in [5.41, 5.74) is 10.1. The molecular formula is C34H25F2N3. The summed E-state index contributed by atoms with van der Waals surface area (Å²) >= 11 is 0. The van der Waals surface area contributed by atoms with Crippen LogP contribution in [-0.4, -0.2) is 9.78 Å². The number of anilines is 1. The molecule has 0 unspecified atom stereocenters. The first-order chi connectivity index (χ1) is 19.1. The predicted molar refractivity (Wildman–Crippen MR) is 154 cm³/mol. The fourth-order valence-electron chi connectivity index (χ4n) is 5.21. The molecule has 0 atom stereocenters. The Hall–Kier alpha value is -5.03. The summed E-state index contributed by atoms with van der Waals surface area (Å²) in [6.45, 7) is 0. The highest BCUT2D eigenvalue weighted by Gasteiger charge is 2.40. The van der Waals surface area contributed by atoms with Crippen molar-refractivity contribution in [3.05, 3.63) is 167 Å². The zero-order valence-electron chi connectivity index (χ0n) is 21.0. The molecule has 6 rings (SSSR count). The molecule has 0 saturated carbocycles. The molecule has 190 valence electrons. The number of nitrogen functional groups attached to an aromatic ring is 1. The standard InChI is InChI=1S/C34H25F2N3/c35-28-19-16-24(17-20-28)18-21-32-29-22-31(37)30(36)23-33(29)39(38-32)34(25-10-4-1-5-11-25,26-12-6-2-7-13-26)27-14-8-3-9-15-27/h1-23H,37H2. The summed E-state index contributed by atoms with van der Waals surface area (Å²) in [4.78, 5) is 0. The lowest BCUT2D eigenvalue weighted by Crippen LogP contribution is -2.38. The van der Waals surface area contributed by atoms with E-state index in [9.17, 15) is 4.39 Å². The van der Waals surface area contributed by atoms with Crippen LogP contribution >= 0.6 is 0 Å². The largest absolute Gasteiger partial charge is 0.396 e. The molecule has 1 aromatic heterocycles. The summed E-state index contributed by atoms with van der Waals surface area (Å²) in [6.07, 6.45) is 3.72. The Morgan fingerprint density at radius 3 is 1.67 bits per heavy atom. The molecule has 3 nitrogen and oxygen atoms in total. The topological polar surface area (TPSA) is 43.8 Å². The van der Waals surface area contributed by atoms with E-state index in [0.717, 1.165) is 22.3 Å². The van der Waals surface area contributed by atoms with E-state index >= 15 is 4.39 Å². The smallest absolute Gasteiger partial charge is 0.148 e. The number of rotatable bonds is 6. The van der Waals surface area contributed by atoms with Gasteiger partial charge in [-0.25, -0.2) is 13.5 Å². The van der Waals surface area contributed by atoms with Gasteiger partial charge in [0, 0.05) is 11.5 Å². The van der Waals surface area contributed by atoms with E-state index in [0.29, 0.717) is 16.6 Å². The van der Waals surface area contributed by atoms with Crippen LogP contribution in [0.3, 0.4) is 0 Å². The second-order valence-corrected chi connectivity index (χ2v) is 9.38. The lowest BCUT2D eigenvalue weighted by Gasteiger charge is -2.37. The Morgan fingerprint density at radius 2 is 1.15 bits per heavy atom. The van der Waals surface area contributed by atoms with Gasteiger partial charge in [0.2, 0.25) is 0 Å². The minimum Gasteiger partial charge on any atom is -0.396 e. The SMILES string of the molecule is Nc1cc2c(C=Cc3ccc(F)cc3)nn(C(c3ccccc3)(c3ccccc3)c3ccccc3)c2cc1F. The lowest BCUT2D eigenvalue weighted by molar-refractivity contribution is 0.474. The van der Waals surface area contributed by atoms with Crippen LogP contribution in [0.15, 0.2) is 127 Å². The molecule has 0 aliphatic carbocycles. The van der Waals surface area contributed by atoms with Gasteiger partial charge in [-0.05, 0) is 46.5 Å². The van der Waals surface area contributed by atoms with Crippen LogP contribution in [0.25, 0.3) is 23.1 Å². The normalized spacial score (nSPS) is 11.8. The number of hydrogen-bond donors (Lipinski definition) is 1. The van der Waals surface area contributed by atoms with Gasteiger partial charge in [-0.2, -0.15) is 5.10 Å². The van der Waals surface area contributed by atoms with E-state index in [4.69, 9.17) is 10.8 Å². The molecule has 2 N–H and O–H groups in total. The highest BCUT2D eigenvalue weighted by atomic mass is 19.1. The molecule has 0 radical (unpaired) electrons. The molecule has 6 aromatic rings. The van der Waals surface area contributed by atoms with Crippen LogP contribution in [0.2, 0.25) is 0 Å². The van der Waals surface area contributed by atoms with Crippen molar-refractivity contribution in [1.82, 2.24) is 9.78 Å². The quantitative estimate of drug-likeness (QED) is 0.182. The molecule has 0 spiro atoms. The Bertz CT molecular complexity index is 1660. The van der Waals surface area contributed by atoms with Crippen LogP contribution in [-0.2, 0) is 5.54 Å². The van der Waals surface area contributed by atoms with Crippen molar-refractivity contribution in [2.75, 3.05) is 5.73 Å². The molecule has 0 bridgehead atoms. The highest BCUT2D eigenvalue weighted by molar-refractivity contribution is 5.92. The molecule has 5 aromatic carbocycles. The third-order valence-corrected chi connectivity index (χ3v) is 7.02. The van der Waals surface area contributed by atoms with Gasteiger partial charge < -0.3 is 5.73 Å². The first-order valence-electron chi connectivity index (χ1n) is 12.7. The van der Waals surface area contributed by atoms with Crippen LogP contribution in [0, 0.1) is 11.6 Å². The number of nitrogens with zero attached hydrogens (tertiary/aromatic N) is 2.